The molecule has 1 fully saturated rings. The number of urea groups is 1. The van der Waals surface area contributed by atoms with Gasteiger partial charge in [-0.2, -0.15) is 0 Å². The van der Waals surface area contributed by atoms with Crippen LogP contribution >= 0.6 is 0 Å². The van der Waals surface area contributed by atoms with E-state index < -0.39 is 5.54 Å². The van der Waals surface area contributed by atoms with Gasteiger partial charge in [-0.1, -0.05) is 6.08 Å². The molecule has 4 heteroatoms. The second-order valence-corrected chi connectivity index (χ2v) is 4.01. The van der Waals surface area contributed by atoms with E-state index in [1.807, 2.05) is 0 Å². The number of hydrogen-bond donors (Lipinski definition) is 2. The number of allylic oxidation sites excluding steroid dienone is 1. The minimum atomic E-state index is -0.794. The summed E-state index contributed by atoms with van der Waals surface area (Å²) in [7, 11) is 0. The molecule has 0 aromatic heterocycles. The van der Waals surface area contributed by atoms with E-state index in [0.29, 0.717) is 0 Å². The Hall–Kier alpha value is -1.32. The highest BCUT2D eigenvalue weighted by Gasteiger charge is 2.44. The standard InChI is InChI=1S/C10H14N2O2/c1-10(7-5-3-2-4-6-7)8(13)11-9(14)12-10/h5H,2-4,6H2,1H3,(H2,11,12,13,14). The summed E-state index contributed by atoms with van der Waals surface area (Å²) >= 11 is 0. The number of carbonyl (C=O) groups excluding carboxylic acids is 2. The molecule has 1 atom stereocenters. The second-order valence-electron chi connectivity index (χ2n) is 4.01. The number of carbonyl (C=O) groups is 2. The van der Waals surface area contributed by atoms with Crippen LogP contribution in [0.15, 0.2) is 11.6 Å². The Bertz CT molecular complexity index is 322. The molecule has 1 aliphatic carbocycles. The molecular formula is C10H14N2O2. The number of nitrogens with one attached hydrogen (secondary N) is 2. The van der Waals surface area contributed by atoms with Crippen LogP contribution < -0.4 is 10.6 Å². The van der Waals surface area contributed by atoms with Crippen molar-refractivity contribution < 1.29 is 9.59 Å². The van der Waals surface area contributed by atoms with Gasteiger partial charge in [-0.15, -0.1) is 0 Å². The lowest BCUT2D eigenvalue weighted by Crippen LogP contribution is -2.45. The quantitative estimate of drug-likeness (QED) is 0.485. The Morgan fingerprint density at radius 1 is 1.36 bits per heavy atom. The topological polar surface area (TPSA) is 58.2 Å². The van der Waals surface area contributed by atoms with Gasteiger partial charge in [0.1, 0.15) is 5.54 Å². The summed E-state index contributed by atoms with van der Waals surface area (Å²) in [5.74, 6) is -0.226. The molecule has 1 saturated heterocycles. The van der Waals surface area contributed by atoms with Gasteiger partial charge in [-0.25, -0.2) is 4.79 Å². The molecule has 2 N–H and O–H groups in total. The lowest BCUT2D eigenvalue weighted by molar-refractivity contribution is -0.122. The fourth-order valence-electron chi connectivity index (χ4n) is 2.06. The maximum atomic E-state index is 11.6. The van der Waals surface area contributed by atoms with Crippen LogP contribution in [-0.2, 0) is 4.79 Å². The van der Waals surface area contributed by atoms with Crippen LogP contribution in [0, 0.1) is 0 Å². The number of hydrogen-bond acceptors (Lipinski definition) is 2. The smallest absolute Gasteiger partial charge is 0.320 e. The third-order valence-electron chi connectivity index (χ3n) is 2.98. The fraction of sp³-hybridized carbons (Fsp3) is 0.600. The zero-order valence-electron chi connectivity index (χ0n) is 8.22. The summed E-state index contributed by atoms with van der Waals surface area (Å²) in [6.07, 6.45) is 6.27. The molecule has 76 valence electrons. The number of amides is 3. The van der Waals surface area contributed by atoms with E-state index >= 15 is 0 Å². The normalized spacial score (nSPS) is 32.2. The van der Waals surface area contributed by atoms with Gasteiger partial charge in [0.05, 0.1) is 0 Å². The van der Waals surface area contributed by atoms with Gasteiger partial charge >= 0.3 is 6.03 Å². The molecule has 0 aromatic carbocycles. The third kappa shape index (κ3) is 1.31. The summed E-state index contributed by atoms with van der Waals surface area (Å²) in [5.41, 5.74) is 0.254. The Labute approximate surface area is 82.7 Å². The summed E-state index contributed by atoms with van der Waals surface area (Å²) in [6, 6.07) is -0.385. The Kier molecular flexibility index (Phi) is 2.06. The Morgan fingerprint density at radius 2 is 2.14 bits per heavy atom. The highest BCUT2D eigenvalue weighted by molar-refractivity contribution is 6.08. The van der Waals surface area contributed by atoms with Gasteiger partial charge in [-0.05, 0) is 38.2 Å². The van der Waals surface area contributed by atoms with Crippen molar-refractivity contribution in [3.05, 3.63) is 11.6 Å². The van der Waals surface area contributed by atoms with Crippen LogP contribution in [0.2, 0.25) is 0 Å². The van der Waals surface area contributed by atoms with Crippen molar-refractivity contribution in [3.63, 3.8) is 0 Å². The first-order valence-corrected chi connectivity index (χ1v) is 4.96. The molecule has 2 rings (SSSR count). The molecular weight excluding hydrogens is 180 g/mol. The highest BCUT2D eigenvalue weighted by Crippen LogP contribution is 2.29. The van der Waals surface area contributed by atoms with E-state index in [-0.39, 0.29) is 11.9 Å². The first-order valence-electron chi connectivity index (χ1n) is 4.96. The molecule has 1 unspecified atom stereocenters. The van der Waals surface area contributed by atoms with E-state index in [1.165, 1.54) is 6.42 Å². The van der Waals surface area contributed by atoms with Crippen molar-refractivity contribution in [2.45, 2.75) is 38.1 Å². The predicted octanol–water partition coefficient (Wildman–Crippen LogP) is 1.08. The summed E-state index contributed by atoms with van der Waals surface area (Å²) in [4.78, 5) is 22.6. The minimum Gasteiger partial charge on any atom is -0.320 e. The van der Waals surface area contributed by atoms with Crippen molar-refractivity contribution in [1.29, 1.82) is 0 Å². The lowest BCUT2D eigenvalue weighted by Gasteiger charge is -2.26. The number of rotatable bonds is 1. The van der Waals surface area contributed by atoms with Crippen LogP contribution in [0.3, 0.4) is 0 Å². The predicted molar refractivity (Wildman–Crippen MR) is 51.6 cm³/mol. The molecule has 1 heterocycles. The van der Waals surface area contributed by atoms with E-state index in [0.717, 1.165) is 24.8 Å². The fourth-order valence-corrected chi connectivity index (χ4v) is 2.06. The SMILES string of the molecule is CC1(C2=CCCCC2)NC(=O)NC1=O. The van der Waals surface area contributed by atoms with Gasteiger partial charge in [0, 0.05) is 0 Å². The van der Waals surface area contributed by atoms with E-state index in [1.54, 1.807) is 6.92 Å². The van der Waals surface area contributed by atoms with Gasteiger partial charge in [0.15, 0.2) is 0 Å². The highest BCUT2D eigenvalue weighted by atomic mass is 16.2. The first kappa shape index (κ1) is 9.24. The van der Waals surface area contributed by atoms with Crippen molar-refractivity contribution in [3.8, 4) is 0 Å². The molecule has 14 heavy (non-hydrogen) atoms. The summed E-state index contributed by atoms with van der Waals surface area (Å²) < 4.78 is 0. The molecule has 4 nitrogen and oxygen atoms in total. The molecule has 0 bridgehead atoms. The molecule has 0 radical (unpaired) electrons. The largest absolute Gasteiger partial charge is 0.322 e. The van der Waals surface area contributed by atoms with Crippen LogP contribution in [0.5, 0.6) is 0 Å². The van der Waals surface area contributed by atoms with Crippen molar-refractivity contribution in [2.24, 2.45) is 0 Å². The van der Waals surface area contributed by atoms with Crippen LogP contribution in [0.25, 0.3) is 0 Å². The van der Waals surface area contributed by atoms with Crippen molar-refractivity contribution in [1.82, 2.24) is 10.6 Å². The zero-order valence-corrected chi connectivity index (χ0v) is 8.22. The lowest BCUT2D eigenvalue weighted by atomic mass is 9.84. The average Bonchev–Trinajstić information content (AvgIpc) is 2.43. The Morgan fingerprint density at radius 3 is 2.64 bits per heavy atom. The molecule has 0 saturated carbocycles. The van der Waals surface area contributed by atoms with Crippen molar-refractivity contribution >= 4 is 11.9 Å². The Balaban J connectivity index is 2.27. The molecule has 1 aliphatic heterocycles. The van der Waals surface area contributed by atoms with Gasteiger partial charge < -0.3 is 5.32 Å². The van der Waals surface area contributed by atoms with Gasteiger partial charge in [0.25, 0.3) is 5.91 Å². The summed E-state index contributed by atoms with van der Waals surface area (Å²) in [6.45, 7) is 1.77. The average molecular weight is 194 g/mol. The van der Waals surface area contributed by atoms with Crippen LogP contribution in [0.1, 0.15) is 32.6 Å². The molecule has 0 aromatic rings. The third-order valence-corrected chi connectivity index (χ3v) is 2.98. The minimum absolute atomic E-state index is 0.226. The van der Waals surface area contributed by atoms with Crippen LogP contribution in [-0.4, -0.2) is 17.5 Å². The van der Waals surface area contributed by atoms with E-state index in [4.69, 9.17) is 0 Å². The monoisotopic (exact) mass is 194 g/mol. The molecule has 3 amide bonds. The first-order chi connectivity index (χ1) is 6.63. The van der Waals surface area contributed by atoms with Gasteiger partial charge in [0.2, 0.25) is 0 Å². The maximum absolute atomic E-state index is 11.6. The van der Waals surface area contributed by atoms with Gasteiger partial charge in [-0.3, -0.25) is 10.1 Å². The number of imide groups is 1. The molecule has 0 spiro atoms. The zero-order chi connectivity index (χ0) is 10.2. The maximum Gasteiger partial charge on any atom is 0.322 e. The summed E-state index contributed by atoms with van der Waals surface area (Å²) in [5, 5.41) is 4.96. The second kappa shape index (κ2) is 3.12. The molecule has 2 aliphatic rings. The van der Waals surface area contributed by atoms with E-state index in [2.05, 4.69) is 16.7 Å². The van der Waals surface area contributed by atoms with Crippen LogP contribution in [0.4, 0.5) is 4.79 Å². The van der Waals surface area contributed by atoms with Crippen molar-refractivity contribution in [2.75, 3.05) is 0 Å². The van der Waals surface area contributed by atoms with E-state index in [9.17, 15) is 9.59 Å².